The van der Waals surface area contributed by atoms with Crippen LogP contribution in [0.5, 0.6) is 0 Å². The number of hydrogen-bond donors (Lipinski definition) is 0. The molecule has 0 aromatic rings. The number of carbonyl (C=O) groups excluding carboxylic acids is 1. The third-order valence-corrected chi connectivity index (χ3v) is 4.29. The molecule has 0 bridgehead atoms. The summed E-state index contributed by atoms with van der Waals surface area (Å²) in [6, 6.07) is 0. The molecular weight excluding hydrogens is 274 g/mol. The molecule has 0 aromatic heterocycles. The molecule has 1 rings (SSSR count). The maximum atomic E-state index is 11.7. The maximum Gasteiger partial charge on any atom is 0.236 e. The molecule has 1 saturated heterocycles. The summed E-state index contributed by atoms with van der Waals surface area (Å²) in [5, 5.41) is 0. The lowest BCUT2D eigenvalue weighted by atomic mass is 10.1. The Labute approximate surface area is 105 Å². The number of alkyl halides is 1. The summed E-state index contributed by atoms with van der Waals surface area (Å²) in [7, 11) is 0. The largest absolute Gasteiger partial charge is 0.342 e. The van der Waals surface area contributed by atoms with E-state index >= 15 is 0 Å². The smallest absolute Gasteiger partial charge is 0.236 e. The molecule has 0 aliphatic carbocycles. The van der Waals surface area contributed by atoms with Gasteiger partial charge in [-0.25, -0.2) is 0 Å². The molecule has 0 aromatic carbocycles. The van der Waals surface area contributed by atoms with Crippen LogP contribution < -0.4 is 0 Å². The predicted molar refractivity (Wildman–Crippen MR) is 70.8 cm³/mol. The molecule has 88 valence electrons. The SMILES string of the molecule is CSCCCCCN1CCCC(Br)C1=O. The Bertz CT molecular complexity index is 201. The minimum atomic E-state index is 0.0810. The zero-order chi connectivity index (χ0) is 11.1. The van der Waals surface area contributed by atoms with Crippen molar-refractivity contribution in [3.05, 3.63) is 0 Å². The van der Waals surface area contributed by atoms with Gasteiger partial charge in [0.2, 0.25) is 5.91 Å². The first-order valence-corrected chi connectivity index (χ1v) is 7.98. The third-order valence-electron chi connectivity index (χ3n) is 2.74. The van der Waals surface area contributed by atoms with Gasteiger partial charge >= 0.3 is 0 Å². The second kappa shape index (κ2) is 7.55. The number of likely N-dealkylation sites (tertiary alicyclic amines) is 1. The fourth-order valence-electron chi connectivity index (χ4n) is 1.84. The Morgan fingerprint density at radius 1 is 1.47 bits per heavy atom. The number of hydrogen-bond acceptors (Lipinski definition) is 2. The van der Waals surface area contributed by atoms with Crippen molar-refractivity contribution in [3.8, 4) is 0 Å². The van der Waals surface area contributed by atoms with Gasteiger partial charge in [0.15, 0.2) is 0 Å². The zero-order valence-corrected chi connectivity index (χ0v) is 11.8. The van der Waals surface area contributed by atoms with Crippen LogP contribution in [0.3, 0.4) is 0 Å². The molecule has 1 unspecified atom stereocenters. The van der Waals surface area contributed by atoms with E-state index in [0.29, 0.717) is 5.91 Å². The predicted octanol–water partition coefficient (Wildman–Crippen LogP) is 2.91. The van der Waals surface area contributed by atoms with E-state index in [2.05, 4.69) is 22.2 Å². The van der Waals surface area contributed by atoms with Gasteiger partial charge in [0.05, 0.1) is 4.83 Å². The number of halogens is 1. The van der Waals surface area contributed by atoms with Crippen LogP contribution in [0.4, 0.5) is 0 Å². The molecule has 0 saturated carbocycles. The Balaban J connectivity index is 2.12. The quantitative estimate of drug-likeness (QED) is 0.554. The molecule has 0 N–H and O–H groups in total. The van der Waals surface area contributed by atoms with E-state index in [1.165, 1.54) is 18.6 Å². The van der Waals surface area contributed by atoms with Crippen LogP contribution in [0.1, 0.15) is 32.1 Å². The summed E-state index contributed by atoms with van der Waals surface area (Å²) < 4.78 is 0. The molecule has 2 nitrogen and oxygen atoms in total. The van der Waals surface area contributed by atoms with Crippen LogP contribution in [0.2, 0.25) is 0 Å². The Morgan fingerprint density at radius 3 is 3.00 bits per heavy atom. The molecule has 1 aliphatic rings. The van der Waals surface area contributed by atoms with E-state index in [9.17, 15) is 4.79 Å². The molecule has 1 aliphatic heterocycles. The van der Waals surface area contributed by atoms with Gasteiger partial charge < -0.3 is 4.90 Å². The number of unbranched alkanes of at least 4 members (excludes halogenated alkanes) is 2. The van der Waals surface area contributed by atoms with Crippen molar-refractivity contribution in [1.29, 1.82) is 0 Å². The molecule has 1 atom stereocenters. The fraction of sp³-hybridized carbons (Fsp3) is 0.909. The molecule has 0 radical (unpaired) electrons. The highest BCUT2D eigenvalue weighted by Gasteiger charge is 2.25. The lowest BCUT2D eigenvalue weighted by Gasteiger charge is -2.29. The maximum absolute atomic E-state index is 11.7. The monoisotopic (exact) mass is 293 g/mol. The van der Waals surface area contributed by atoms with E-state index in [4.69, 9.17) is 0 Å². The fourth-order valence-corrected chi connectivity index (χ4v) is 2.95. The number of carbonyl (C=O) groups is 1. The highest BCUT2D eigenvalue weighted by Crippen LogP contribution is 2.18. The topological polar surface area (TPSA) is 20.3 Å². The molecule has 1 heterocycles. The number of rotatable bonds is 6. The minimum absolute atomic E-state index is 0.0810. The van der Waals surface area contributed by atoms with Gasteiger partial charge in [-0.05, 0) is 37.7 Å². The normalized spacial score (nSPS) is 22.1. The van der Waals surface area contributed by atoms with Crippen molar-refractivity contribution >= 4 is 33.6 Å². The van der Waals surface area contributed by atoms with Crippen LogP contribution in [0.25, 0.3) is 0 Å². The first kappa shape index (κ1) is 13.4. The summed E-state index contributed by atoms with van der Waals surface area (Å²) in [4.78, 5) is 13.8. The summed E-state index contributed by atoms with van der Waals surface area (Å²) in [5.41, 5.74) is 0. The molecule has 0 spiro atoms. The summed E-state index contributed by atoms with van der Waals surface area (Å²) >= 11 is 5.33. The molecule has 1 amide bonds. The first-order chi connectivity index (χ1) is 7.25. The highest BCUT2D eigenvalue weighted by molar-refractivity contribution is 9.10. The summed E-state index contributed by atoms with van der Waals surface area (Å²) in [6.45, 7) is 1.92. The van der Waals surface area contributed by atoms with E-state index in [1.807, 2.05) is 16.7 Å². The van der Waals surface area contributed by atoms with E-state index in [1.54, 1.807) is 0 Å². The second-order valence-electron chi connectivity index (χ2n) is 3.99. The number of amides is 1. The van der Waals surface area contributed by atoms with Crippen LogP contribution >= 0.6 is 27.7 Å². The summed E-state index contributed by atoms with van der Waals surface area (Å²) in [5.74, 6) is 1.54. The van der Waals surface area contributed by atoms with E-state index in [0.717, 1.165) is 32.4 Å². The minimum Gasteiger partial charge on any atom is -0.342 e. The van der Waals surface area contributed by atoms with E-state index < -0.39 is 0 Å². The van der Waals surface area contributed by atoms with Gasteiger partial charge in [-0.15, -0.1) is 0 Å². The van der Waals surface area contributed by atoms with Crippen LogP contribution in [0.15, 0.2) is 0 Å². The second-order valence-corrected chi connectivity index (χ2v) is 6.08. The lowest BCUT2D eigenvalue weighted by Crippen LogP contribution is -2.42. The van der Waals surface area contributed by atoms with Crippen LogP contribution in [-0.4, -0.2) is 40.7 Å². The summed E-state index contributed by atoms with van der Waals surface area (Å²) in [6.07, 6.45) is 7.97. The third kappa shape index (κ3) is 4.77. The molecular formula is C11H20BrNOS. The van der Waals surface area contributed by atoms with Gasteiger partial charge in [0.1, 0.15) is 0 Å². The van der Waals surface area contributed by atoms with Crippen molar-refractivity contribution < 1.29 is 4.79 Å². The molecule has 4 heteroatoms. The van der Waals surface area contributed by atoms with Gasteiger partial charge in [-0.3, -0.25) is 4.79 Å². The van der Waals surface area contributed by atoms with Crippen molar-refractivity contribution in [2.45, 2.75) is 36.9 Å². The van der Waals surface area contributed by atoms with Crippen LogP contribution in [-0.2, 0) is 4.79 Å². The first-order valence-electron chi connectivity index (χ1n) is 5.67. The van der Waals surface area contributed by atoms with Crippen molar-refractivity contribution in [2.24, 2.45) is 0 Å². The molecule has 1 fully saturated rings. The number of nitrogens with zero attached hydrogens (tertiary/aromatic N) is 1. The van der Waals surface area contributed by atoms with Gasteiger partial charge in [-0.1, -0.05) is 22.4 Å². The Kier molecular flexibility index (Phi) is 6.73. The zero-order valence-electron chi connectivity index (χ0n) is 9.38. The van der Waals surface area contributed by atoms with Gasteiger partial charge in [0.25, 0.3) is 0 Å². The van der Waals surface area contributed by atoms with Crippen molar-refractivity contribution in [1.82, 2.24) is 4.90 Å². The van der Waals surface area contributed by atoms with E-state index in [-0.39, 0.29) is 4.83 Å². The standard InChI is InChI=1S/C11H20BrNOS/c1-15-9-4-2-3-7-13-8-5-6-10(12)11(13)14/h10H,2-9H2,1H3. The Morgan fingerprint density at radius 2 is 2.27 bits per heavy atom. The number of thioether (sulfide) groups is 1. The van der Waals surface area contributed by atoms with Crippen molar-refractivity contribution in [3.63, 3.8) is 0 Å². The Hall–Kier alpha value is 0.300. The van der Waals surface area contributed by atoms with Crippen molar-refractivity contribution in [2.75, 3.05) is 25.1 Å². The van der Waals surface area contributed by atoms with Gasteiger partial charge in [0, 0.05) is 13.1 Å². The molecule has 15 heavy (non-hydrogen) atoms. The highest BCUT2D eigenvalue weighted by atomic mass is 79.9. The lowest BCUT2D eigenvalue weighted by molar-refractivity contribution is -0.132. The number of piperidine rings is 1. The van der Waals surface area contributed by atoms with Crippen LogP contribution in [0, 0.1) is 0 Å². The average Bonchev–Trinajstić information content (AvgIpc) is 2.24. The average molecular weight is 294 g/mol. The van der Waals surface area contributed by atoms with Gasteiger partial charge in [-0.2, -0.15) is 11.8 Å².